The Morgan fingerprint density at radius 3 is 1.84 bits per heavy atom. The molecule has 2 atom stereocenters. The first kappa shape index (κ1) is 19.7. The van der Waals surface area contributed by atoms with E-state index in [9.17, 15) is 10.5 Å². The third-order valence-corrected chi connectivity index (χ3v) is 6.08. The second kappa shape index (κ2) is 6.94. The van der Waals surface area contributed by atoms with Gasteiger partial charge in [-0.1, -0.05) is 39.5 Å². The van der Waals surface area contributed by atoms with Gasteiger partial charge >= 0.3 is 5.91 Å². The Hall–Kier alpha value is -1.63. The Balaban J connectivity index is 2.68. The lowest BCUT2D eigenvalue weighted by molar-refractivity contribution is -0.695. The van der Waals surface area contributed by atoms with E-state index in [1.165, 1.54) is 0 Å². The van der Waals surface area contributed by atoms with E-state index in [0.29, 0.717) is 19.0 Å². The van der Waals surface area contributed by atoms with Crippen LogP contribution in [0.2, 0.25) is 0 Å². The highest BCUT2D eigenvalue weighted by Gasteiger charge is 3.03. The van der Waals surface area contributed by atoms with Crippen LogP contribution in [0.1, 0.15) is 66.2 Å². The summed E-state index contributed by atoms with van der Waals surface area (Å²) in [5.74, 6) is -1.03. The van der Waals surface area contributed by atoms with E-state index in [4.69, 9.17) is 15.2 Å². The van der Waals surface area contributed by atoms with Crippen molar-refractivity contribution in [2.45, 2.75) is 72.1 Å². The van der Waals surface area contributed by atoms with Gasteiger partial charge in [-0.3, -0.25) is 5.73 Å². The number of amidine groups is 1. The second-order valence-electron chi connectivity index (χ2n) is 7.03. The Kier molecular flexibility index (Phi) is 5.47. The van der Waals surface area contributed by atoms with Gasteiger partial charge in [0.1, 0.15) is 0 Å². The zero-order valence-corrected chi connectivity index (χ0v) is 15.9. The summed E-state index contributed by atoms with van der Waals surface area (Å²) in [5.41, 5.74) is 3.63. The van der Waals surface area contributed by atoms with Gasteiger partial charge in [0.15, 0.2) is 10.8 Å². The van der Waals surface area contributed by atoms with Gasteiger partial charge in [-0.25, -0.2) is 4.99 Å². The Morgan fingerprint density at radius 2 is 1.48 bits per heavy atom. The van der Waals surface area contributed by atoms with Crippen LogP contribution in [0, 0.1) is 38.9 Å². The Bertz CT molecular complexity index is 604. The summed E-state index contributed by atoms with van der Waals surface area (Å²) in [4.78, 5) is 3.06. The van der Waals surface area contributed by atoms with Crippen LogP contribution in [0.15, 0.2) is 0 Å². The molecule has 0 radical (unpaired) electrons. The minimum Gasteiger partial charge on any atom is -0.314 e. The predicted molar refractivity (Wildman–Crippen MR) is 93.7 cm³/mol. The number of ether oxygens (including phenoxy) is 2. The van der Waals surface area contributed by atoms with Gasteiger partial charge in [0.05, 0.1) is 25.4 Å². The minimum absolute atomic E-state index is 0.325. The average molecular weight is 347 g/mol. The smallest absolute Gasteiger partial charge is 0.314 e. The molecule has 0 aromatic carbocycles. The van der Waals surface area contributed by atoms with E-state index in [0.717, 1.165) is 38.5 Å². The maximum Gasteiger partial charge on any atom is 0.343 e. The predicted octanol–water partition coefficient (Wildman–Crippen LogP) is 1.56. The summed E-state index contributed by atoms with van der Waals surface area (Å²) in [6.07, 6.45) is 5.43. The number of hydrogen-bond acceptors (Lipinski definition) is 5. The molecule has 0 unspecified atom stereocenters. The van der Waals surface area contributed by atoms with Crippen LogP contribution in [-0.2, 0) is 9.47 Å². The highest BCUT2D eigenvalue weighted by Crippen LogP contribution is 2.85. The molecule has 0 aromatic heterocycles. The van der Waals surface area contributed by atoms with Gasteiger partial charge in [0.25, 0.3) is 5.84 Å². The zero-order chi connectivity index (χ0) is 18.8. The molecule has 1 aliphatic heterocycles. The quantitative estimate of drug-likeness (QED) is 0.583. The highest BCUT2D eigenvalue weighted by atomic mass is 16.7. The fourth-order valence-electron chi connectivity index (χ4n) is 5.16. The lowest BCUT2D eigenvalue weighted by Gasteiger charge is -2.33. The molecule has 138 valence electrons. The molecule has 3 N–H and O–H groups in total. The van der Waals surface area contributed by atoms with Crippen LogP contribution in [0.25, 0.3) is 0 Å². The van der Waals surface area contributed by atoms with Crippen LogP contribution in [0.4, 0.5) is 0 Å². The lowest BCUT2D eigenvalue weighted by atomic mass is 9.80. The molecule has 2 aliphatic rings. The Labute approximate surface area is 151 Å². The van der Waals surface area contributed by atoms with E-state index >= 15 is 0 Å². The van der Waals surface area contributed by atoms with Crippen molar-refractivity contribution in [2.24, 2.45) is 22.0 Å². The zero-order valence-electron chi connectivity index (χ0n) is 15.9. The molecule has 2 rings (SSSR count). The van der Waals surface area contributed by atoms with Gasteiger partial charge in [-0.2, -0.15) is 10.5 Å². The summed E-state index contributed by atoms with van der Waals surface area (Å²) < 4.78 is 12.0. The average Bonchev–Trinajstić information content (AvgIpc) is 3.07. The first-order valence-electron chi connectivity index (χ1n) is 9.51. The van der Waals surface area contributed by atoms with Crippen molar-refractivity contribution in [3.63, 3.8) is 0 Å². The van der Waals surface area contributed by atoms with Crippen LogP contribution in [-0.4, -0.2) is 25.0 Å². The van der Waals surface area contributed by atoms with Crippen LogP contribution >= 0.6 is 0 Å². The summed E-state index contributed by atoms with van der Waals surface area (Å²) in [6.45, 7) is 8.68. The SMILES string of the molecule is CCCCC1(CCCC)[C@]2(C#N)C(OCC)(OCC)[NH+]=C(N)[C@]12C#N. The third-order valence-electron chi connectivity index (χ3n) is 6.08. The molecular weight excluding hydrogens is 316 g/mol. The van der Waals surface area contributed by atoms with Crippen molar-refractivity contribution in [2.75, 3.05) is 13.2 Å². The fourth-order valence-corrected chi connectivity index (χ4v) is 5.16. The third kappa shape index (κ3) is 2.05. The second-order valence-corrected chi connectivity index (χ2v) is 7.03. The molecular formula is C19H31N4O2+. The van der Waals surface area contributed by atoms with Crippen molar-refractivity contribution in [1.29, 1.82) is 10.5 Å². The van der Waals surface area contributed by atoms with Crippen LogP contribution < -0.4 is 10.7 Å². The van der Waals surface area contributed by atoms with Crippen molar-refractivity contribution in [3.05, 3.63) is 0 Å². The molecule has 1 heterocycles. The maximum absolute atomic E-state index is 10.3. The van der Waals surface area contributed by atoms with E-state index < -0.39 is 22.2 Å². The molecule has 1 fully saturated rings. The first-order valence-corrected chi connectivity index (χ1v) is 9.51. The summed E-state index contributed by atoms with van der Waals surface area (Å²) in [6, 6.07) is 4.90. The van der Waals surface area contributed by atoms with Crippen molar-refractivity contribution < 1.29 is 14.5 Å². The van der Waals surface area contributed by atoms with Crippen LogP contribution in [0.3, 0.4) is 0 Å². The first-order chi connectivity index (χ1) is 12.0. The molecule has 1 aliphatic carbocycles. The number of nitrogens with two attached hydrogens (primary N) is 1. The number of nitriles is 2. The van der Waals surface area contributed by atoms with Gasteiger partial charge in [-0.15, -0.1) is 0 Å². The Morgan fingerprint density at radius 1 is 0.960 bits per heavy atom. The number of rotatable bonds is 10. The van der Waals surface area contributed by atoms with Crippen molar-refractivity contribution in [3.8, 4) is 12.1 Å². The standard InChI is InChI=1S/C19H30N4O2/c1-5-9-11-16(12-10-6-2)17(13-20)15(22)23-19(24-7-3,25-8-4)18(16,17)14-21/h5-12H2,1-4H3,(H2,22,23)/p+1/t17-,18+/m1/s1. The van der Waals surface area contributed by atoms with Crippen LogP contribution in [0.5, 0.6) is 0 Å². The number of nitrogens with one attached hydrogen (secondary N) is 1. The summed E-state index contributed by atoms with van der Waals surface area (Å²) in [7, 11) is 0. The lowest BCUT2D eigenvalue weighted by Crippen LogP contribution is -2.91. The number of hydrogen-bond donors (Lipinski definition) is 2. The number of unbranched alkanes of at least 4 members (excludes halogenated alkanes) is 2. The molecule has 1 saturated carbocycles. The van der Waals surface area contributed by atoms with Gasteiger partial charge < -0.3 is 9.47 Å². The molecule has 0 bridgehead atoms. The van der Waals surface area contributed by atoms with E-state index in [1.807, 2.05) is 13.8 Å². The van der Waals surface area contributed by atoms with Gasteiger partial charge in [0, 0.05) is 5.41 Å². The van der Waals surface area contributed by atoms with Gasteiger partial charge in [0.2, 0.25) is 0 Å². The molecule has 25 heavy (non-hydrogen) atoms. The monoisotopic (exact) mass is 347 g/mol. The van der Waals surface area contributed by atoms with E-state index in [2.05, 4.69) is 31.0 Å². The van der Waals surface area contributed by atoms with Gasteiger partial charge in [-0.05, 0) is 26.7 Å². The summed E-state index contributed by atoms with van der Waals surface area (Å²) >= 11 is 0. The summed E-state index contributed by atoms with van der Waals surface area (Å²) in [5, 5.41) is 20.5. The van der Waals surface area contributed by atoms with E-state index in [-0.39, 0.29) is 0 Å². The maximum atomic E-state index is 10.3. The number of fused-ring (bicyclic) bond motifs is 1. The molecule has 0 amide bonds. The molecule has 0 spiro atoms. The minimum atomic E-state index is -1.35. The van der Waals surface area contributed by atoms with Crippen molar-refractivity contribution in [1.82, 2.24) is 0 Å². The normalized spacial score (nSPS) is 30.9. The largest absolute Gasteiger partial charge is 0.343 e. The number of nitrogens with zero attached hydrogens (tertiary/aromatic N) is 2. The molecule has 0 aromatic rings. The topological polar surface area (TPSA) is 106 Å². The molecule has 6 heteroatoms. The van der Waals surface area contributed by atoms with E-state index in [1.54, 1.807) is 0 Å². The van der Waals surface area contributed by atoms with Crippen molar-refractivity contribution >= 4 is 5.84 Å². The molecule has 0 saturated heterocycles. The highest BCUT2D eigenvalue weighted by molar-refractivity contribution is 5.95. The fraction of sp³-hybridized carbons (Fsp3) is 0.842. The molecule has 6 nitrogen and oxygen atoms in total.